The summed E-state index contributed by atoms with van der Waals surface area (Å²) in [4.78, 5) is 23.7. The van der Waals surface area contributed by atoms with E-state index in [-0.39, 0.29) is 24.0 Å². The van der Waals surface area contributed by atoms with E-state index in [1.165, 1.54) is 4.90 Å². The monoisotopic (exact) mass is 198 g/mol. The molecule has 0 aromatic heterocycles. The Labute approximate surface area is 82.4 Å². The fourth-order valence-electron chi connectivity index (χ4n) is 1.46. The number of rotatable bonds is 3. The molecular weight excluding hydrogens is 184 g/mol. The number of carbonyl (C=O) groups is 2. The molecule has 1 unspecified atom stereocenters. The van der Waals surface area contributed by atoms with E-state index in [1.54, 1.807) is 7.05 Å². The number of nitrogens with one attached hydrogen (secondary N) is 1. The molecule has 1 saturated heterocycles. The lowest BCUT2D eigenvalue weighted by Crippen LogP contribution is -2.34. The van der Waals surface area contributed by atoms with Crippen LogP contribution in [-0.4, -0.2) is 43.1 Å². The van der Waals surface area contributed by atoms with Crippen molar-refractivity contribution in [2.24, 2.45) is 5.92 Å². The van der Waals surface area contributed by atoms with Gasteiger partial charge in [0.05, 0.1) is 13.1 Å². The van der Waals surface area contributed by atoms with Crippen LogP contribution in [0.3, 0.4) is 0 Å². The highest BCUT2D eigenvalue weighted by Crippen LogP contribution is 2.28. The second-order valence-electron chi connectivity index (χ2n) is 3.91. The molecule has 0 bridgehead atoms. The summed E-state index contributed by atoms with van der Waals surface area (Å²) in [6.45, 7) is 0.995. The highest BCUT2D eigenvalue weighted by molar-refractivity contribution is 5.80. The average molecular weight is 198 g/mol. The number of ether oxygens (including phenoxy) is 1. The maximum absolute atomic E-state index is 11.3. The molecule has 1 atom stereocenters. The Balaban J connectivity index is 1.71. The number of hydrogen-bond donors (Lipinski definition) is 1. The van der Waals surface area contributed by atoms with Gasteiger partial charge in [-0.1, -0.05) is 0 Å². The molecule has 1 heterocycles. The molecule has 0 radical (unpaired) electrons. The summed E-state index contributed by atoms with van der Waals surface area (Å²) in [5, 5.41) is 2.78. The molecule has 0 spiro atoms. The third-order valence-corrected chi connectivity index (χ3v) is 2.51. The van der Waals surface area contributed by atoms with E-state index in [0.29, 0.717) is 13.1 Å². The molecule has 1 N–H and O–H groups in total. The fraction of sp³-hybridized carbons (Fsp3) is 0.778. The molecule has 2 rings (SSSR count). The lowest BCUT2D eigenvalue weighted by molar-refractivity contribution is -0.122. The van der Waals surface area contributed by atoms with Crippen molar-refractivity contribution in [3.63, 3.8) is 0 Å². The summed E-state index contributed by atoms with van der Waals surface area (Å²) in [5.74, 6) is 0.306. The molecule has 0 aromatic rings. The molecule has 14 heavy (non-hydrogen) atoms. The first-order chi connectivity index (χ1) is 6.66. The van der Waals surface area contributed by atoms with Crippen LogP contribution >= 0.6 is 0 Å². The van der Waals surface area contributed by atoms with Crippen molar-refractivity contribution in [3.05, 3.63) is 0 Å². The molecule has 5 nitrogen and oxygen atoms in total. The van der Waals surface area contributed by atoms with Gasteiger partial charge in [0.15, 0.2) is 0 Å². The summed E-state index contributed by atoms with van der Waals surface area (Å²) in [6, 6.07) is 0. The zero-order chi connectivity index (χ0) is 10.1. The summed E-state index contributed by atoms with van der Waals surface area (Å²) in [7, 11) is 1.69. The molecule has 1 saturated carbocycles. The van der Waals surface area contributed by atoms with Crippen LogP contribution in [0.2, 0.25) is 0 Å². The summed E-state index contributed by atoms with van der Waals surface area (Å²) in [5.41, 5.74) is 0. The molecule has 2 fully saturated rings. The third kappa shape index (κ3) is 1.97. The minimum atomic E-state index is -0.310. The van der Waals surface area contributed by atoms with E-state index in [0.717, 1.165) is 12.8 Å². The van der Waals surface area contributed by atoms with Crippen molar-refractivity contribution in [1.29, 1.82) is 0 Å². The van der Waals surface area contributed by atoms with Crippen molar-refractivity contribution >= 4 is 12.0 Å². The number of hydrogen-bond acceptors (Lipinski definition) is 3. The first kappa shape index (κ1) is 9.30. The van der Waals surface area contributed by atoms with Crippen molar-refractivity contribution in [1.82, 2.24) is 10.2 Å². The van der Waals surface area contributed by atoms with Crippen molar-refractivity contribution in [2.45, 2.75) is 18.9 Å². The van der Waals surface area contributed by atoms with Crippen LogP contribution in [0.15, 0.2) is 0 Å². The maximum atomic E-state index is 11.3. The Kier molecular flexibility index (Phi) is 2.31. The summed E-state index contributed by atoms with van der Waals surface area (Å²) in [6.07, 6.45) is 1.50. The molecular formula is C9H14N2O3. The first-order valence-corrected chi connectivity index (χ1v) is 4.86. The largest absolute Gasteiger partial charge is 0.442 e. The minimum Gasteiger partial charge on any atom is -0.442 e. The van der Waals surface area contributed by atoms with Gasteiger partial charge in [0.2, 0.25) is 5.91 Å². The normalized spacial score (nSPS) is 26.2. The van der Waals surface area contributed by atoms with Crippen LogP contribution in [0.25, 0.3) is 0 Å². The minimum absolute atomic E-state index is 0.0932. The van der Waals surface area contributed by atoms with Crippen LogP contribution in [-0.2, 0) is 9.53 Å². The van der Waals surface area contributed by atoms with Gasteiger partial charge in [-0.3, -0.25) is 4.79 Å². The topological polar surface area (TPSA) is 58.6 Å². The molecule has 2 amide bonds. The van der Waals surface area contributed by atoms with E-state index >= 15 is 0 Å². The highest BCUT2D eigenvalue weighted by atomic mass is 16.6. The summed E-state index contributed by atoms with van der Waals surface area (Å²) >= 11 is 0. The smallest absolute Gasteiger partial charge is 0.410 e. The van der Waals surface area contributed by atoms with Gasteiger partial charge < -0.3 is 15.0 Å². The number of likely N-dealkylation sites (N-methyl/N-ethyl adjacent to an activating group) is 1. The molecule has 1 aliphatic carbocycles. The second-order valence-corrected chi connectivity index (χ2v) is 3.91. The average Bonchev–Trinajstić information content (AvgIpc) is 2.92. The van der Waals surface area contributed by atoms with E-state index in [1.807, 2.05) is 0 Å². The van der Waals surface area contributed by atoms with Gasteiger partial charge in [0.1, 0.15) is 6.10 Å². The Morgan fingerprint density at radius 2 is 2.36 bits per heavy atom. The molecule has 5 heteroatoms. The van der Waals surface area contributed by atoms with Gasteiger partial charge in [-0.25, -0.2) is 4.79 Å². The highest BCUT2D eigenvalue weighted by Gasteiger charge is 2.32. The number of nitrogens with zero attached hydrogens (tertiary/aromatic N) is 1. The Morgan fingerprint density at radius 3 is 2.86 bits per heavy atom. The Bertz CT molecular complexity index is 263. The summed E-state index contributed by atoms with van der Waals surface area (Å²) < 4.78 is 5.00. The molecule has 2 aliphatic rings. The van der Waals surface area contributed by atoms with Crippen LogP contribution in [0.1, 0.15) is 12.8 Å². The van der Waals surface area contributed by atoms with Gasteiger partial charge in [-0.2, -0.15) is 0 Å². The van der Waals surface area contributed by atoms with Crippen LogP contribution in [0.5, 0.6) is 0 Å². The van der Waals surface area contributed by atoms with Crippen LogP contribution in [0, 0.1) is 5.92 Å². The third-order valence-electron chi connectivity index (χ3n) is 2.51. The predicted octanol–water partition coefficient (Wildman–Crippen LogP) is -0.0368. The SMILES string of the molecule is CN1CC(CNC(=O)C2CC2)OC1=O. The lowest BCUT2D eigenvalue weighted by atomic mass is 10.3. The molecule has 0 aromatic carbocycles. The predicted molar refractivity (Wildman–Crippen MR) is 48.6 cm³/mol. The number of cyclic esters (lactones) is 1. The zero-order valence-corrected chi connectivity index (χ0v) is 8.16. The van der Waals surface area contributed by atoms with Gasteiger partial charge >= 0.3 is 6.09 Å². The standard InChI is InChI=1S/C9H14N2O3/c1-11-5-7(14-9(11)13)4-10-8(12)6-2-3-6/h6-7H,2-5H2,1H3,(H,10,12). The fourth-order valence-corrected chi connectivity index (χ4v) is 1.46. The van der Waals surface area contributed by atoms with Crippen LogP contribution < -0.4 is 5.32 Å². The van der Waals surface area contributed by atoms with E-state index in [4.69, 9.17) is 4.74 Å². The second kappa shape index (κ2) is 3.48. The molecule has 78 valence electrons. The molecule has 1 aliphatic heterocycles. The van der Waals surface area contributed by atoms with Gasteiger partial charge in [0.25, 0.3) is 0 Å². The van der Waals surface area contributed by atoms with E-state index < -0.39 is 0 Å². The Hall–Kier alpha value is -1.26. The van der Waals surface area contributed by atoms with E-state index in [2.05, 4.69) is 5.32 Å². The van der Waals surface area contributed by atoms with Gasteiger partial charge in [-0.15, -0.1) is 0 Å². The van der Waals surface area contributed by atoms with E-state index in [9.17, 15) is 9.59 Å². The van der Waals surface area contributed by atoms with Gasteiger partial charge in [-0.05, 0) is 12.8 Å². The van der Waals surface area contributed by atoms with Crippen LogP contribution in [0.4, 0.5) is 4.79 Å². The lowest BCUT2D eigenvalue weighted by Gasteiger charge is -2.08. The Morgan fingerprint density at radius 1 is 1.64 bits per heavy atom. The maximum Gasteiger partial charge on any atom is 0.410 e. The first-order valence-electron chi connectivity index (χ1n) is 4.86. The van der Waals surface area contributed by atoms with Crippen molar-refractivity contribution in [3.8, 4) is 0 Å². The van der Waals surface area contributed by atoms with Crippen molar-refractivity contribution in [2.75, 3.05) is 20.1 Å². The van der Waals surface area contributed by atoms with Crippen molar-refractivity contribution < 1.29 is 14.3 Å². The zero-order valence-electron chi connectivity index (χ0n) is 8.16. The number of carbonyl (C=O) groups excluding carboxylic acids is 2. The van der Waals surface area contributed by atoms with Gasteiger partial charge in [0, 0.05) is 13.0 Å². The number of amides is 2. The quantitative estimate of drug-likeness (QED) is 0.692.